The lowest BCUT2D eigenvalue weighted by molar-refractivity contribution is -0.117. The van der Waals surface area contributed by atoms with E-state index in [2.05, 4.69) is 59.1 Å². The highest BCUT2D eigenvalue weighted by Gasteiger charge is 2.45. The third-order valence-corrected chi connectivity index (χ3v) is 10.8. The molecule has 3 aromatic heterocycles. The Morgan fingerprint density at radius 1 is 0.944 bits per heavy atom. The summed E-state index contributed by atoms with van der Waals surface area (Å²) in [6.07, 6.45) is 8.92. The van der Waals surface area contributed by atoms with Crippen LogP contribution in [0.3, 0.4) is 0 Å². The molecule has 4 aromatic rings. The number of amides is 2. The van der Waals surface area contributed by atoms with Gasteiger partial charge in [0.1, 0.15) is 5.69 Å². The standard InChI is InChI=1S/C36H38B2N10O3.C2H7N/c1-39-35(51)30-27(15-29(44-45-30)43-34(50)21-13-14-21)42-26-11-6-10-24-25-16-40-48(33(25)31(46(2)32(24)26)20-7-3-4-8-20)23-17-47(18-23)36(37,38)28-12-5-9-22(19-49)41-28;1-3-2/h5-6,9-12,15-16,19-21,23,31H,3-4,7-8,13-14,17-18H2,1-2H3,(H,39,51)(H2,42,43,44,50);3H,1-2H3. The van der Waals surface area contributed by atoms with Crippen molar-refractivity contribution < 1.29 is 14.4 Å². The van der Waals surface area contributed by atoms with Crippen LogP contribution in [0.25, 0.3) is 11.1 Å². The summed E-state index contributed by atoms with van der Waals surface area (Å²) in [5.41, 5.74) is 6.31. The first-order valence-electron chi connectivity index (χ1n) is 18.5. The third kappa shape index (κ3) is 7.00. The zero-order chi connectivity index (χ0) is 38.1. The van der Waals surface area contributed by atoms with E-state index >= 15 is 0 Å². The molecule has 2 aliphatic carbocycles. The number of hydrogen-bond acceptors (Lipinski definition) is 11. The Morgan fingerprint density at radius 2 is 1.67 bits per heavy atom. The van der Waals surface area contributed by atoms with Crippen LogP contribution in [-0.4, -0.2) is 105 Å². The predicted molar refractivity (Wildman–Crippen MR) is 209 cm³/mol. The number of carbonyl (C=O) groups is 3. The second kappa shape index (κ2) is 15.3. The molecule has 0 spiro atoms. The van der Waals surface area contributed by atoms with Gasteiger partial charge in [0.25, 0.3) is 5.91 Å². The van der Waals surface area contributed by atoms with Crippen LogP contribution in [-0.2, 0) is 10.1 Å². The molecule has 276 valence electrons. The average molecular weight is 725 g/mol. The summed E-state index contributed by atoms with van der Waals surface area (Å²) in [6.45, 7) is 1.14. The monoisotopic (exact) mass is 725 g/mol. The molecular weight excluding hydrogens is 680 g/mol. The number of anilines is 4. The Hall–Kier alpha value is -5.08. The second-order valence-electron chi connectivity index (χ2n) is 14.6. The number of para-hydroxylation sites is 1. The summed E-state index contributed by atoms with van der Waals surface area (Å²) >= 11 is 0. The minimum atomic E-state index is -1.34. The number of aldehydes is 1. The molecule has 1 aromatic carbocycles. The van der Waals surface area contributed by atoms with E-state index in [0.29, 0.717) is 36.7 Å². The van der Waals surface area contributed by atoms with Crippen LogP contribution in [0.2, 0.25) is 0 Å². The highest BCUT2D eigenvalue weighted by atomic mass is 16.2. The van der Waals surface area contributed by atoms with E-state index in [9.17, 15) is 14.4 Å². The van der Waals surface area contributed by atoms with Crippen LogP contribution in [0.15, 0.2) is 48.7 Å². The van der Waals surface area contributed by atoms with Crippen molar-refractivity contribution in [3.05, 3.63) is 71.4 Å². The van der Waals surface area contributed by atoms with E-state index in [0.717, 1.165) is 48.2 Å². The van der Waals surface area contributed by atoms with Gasteiger partial charge in [-0.3, -0.25) is 19.1 Å². The number of rotatable bonds is 10. The van der Waals surface area contributed by atoms with Gasteiger partial charge >= 0.3 is 0 Å². The van der Waals surface area contributed by atoms with Crippen molar-refractivity contribution >= 4 is 56.7 Å². The quantitative estimate of drug-likeness (QED) is 0.140. The van der Waals surface area contributed by atoms with Crippen LogP contribution in [0.1, 0.15) is 83.0 Å². The van der Waals surface area contributed by atoms with Gasteiger partial charge in [0.05, 0.1) is 56.7 Å². The van der Waals surface area contributed by atoms with E-state index in [1.807, 2.05) is 37.3 Å². The fourth-order valence-corrected chi connectivity index (χ4v) is 7.91. The van der Waals surface area contributed by atoms with E-state index in [1.54, 1.807) is 31.3 Å². The van der Waals surface area contributed by atoms with Gasteiger partial charge in [0.15, 0.2) is 17.8 Å². The average Bonchev–Trinajstić information content (AvgIpc) is 3.71. The van der Waals surface area contributed by atoms with Crippen molar-refractivity contribution in [2.45, 2.75) is 55.9 Å². The van der Waals surface area contributed by atoms with Crippen LogP contribution in [0.5, 0.6) is 0 Å². The minimum Gasteiger partial charge on any atom is -0.364 e. The van der Waals surface area contributed by atoms with Gasteiger partial charge in [-0.25, -0.2) is 4.98 Å². The number of pyridine rings is 1. The molecule has 4 N–H and O–H groups in total. The molecule has 1 unspecified atom stereocenters. The fourth-order valence-electron chi connectivity index (χ4n) is 7.91. The number of benzene rings is 1. The van der Waals surface area contributed by atoms with Gasteiger partial charge in [0, 0.05) is 56.0 Å². The zero-order valence-corrected chi connectivity index (χ0v) is 31.2. The Balaban J connectivity index is 0.00000145. The number of likely N-dealkylation sites (tertiary alicyclic amines) is 1. The number of nitrogens with one attached hydrogen (secondary N) is 4. The molecule has 2 amide bonds. The Bertz CT molecular complexity index is 2040. The lowest BCUT2D eigenvalue weighted by atomic mass is 9.57. The molecule has 1 saturated heterocycles. The van der Waals surface area contributed by atoms with Gasteiger partial charge in [-0.15, -0.1) is 10.2 Å². The van der Waals surface area contributed by atoms with E-state index < -0.39 is 11.2 Å². The van der Waals surface area contributed by atoms with E-state index in [4.69, 9.17) is 20.8 Å². The highest BCUT2D eigenvalue weighted by molar-refractivity contribution is 6.39. The molecule has 3 fully saturated rings. The summed E-state index contributed by atoms with van der Waals surface area (Å²) in [5.74, 6) is 0.205. The van der Waals surface area contributed by atoms with Crippen LogP contribution < -0.4 is 26.2 Å². The van der Waals surface area contributed by atoms with Gasteiger partial charge in [-0.05, 0) is 69.2 Å². The minimum absolute atomic E-state index is 0.00657. The molecule has 54 heavy (non-hydrogen) atoms. The molecule has 2 aliphatic heterocycles. The zero-order valence-electron chi connectivity index (χ0n) is 31.2. The van der Waals surface area contributed by atoms with Gasteiger partial charge in [-0.2, -0.15) is 5.10 Å². The van der Waals surface area contributed by atoms with Gasteiger partial charge in [0.2, 0.25) is 5.91 Å². The number of aromatic nitrogens is 5. The summed E-state index contributed by atoms with van der Waals surface area (Å²) in [5, 5.41) is 23.7. The van der Waals surface area contributed by atoms with Gasteiger partial charge in [-0.1, -0.05) is 31.0 Å². The molecule has 8 rings (SSSR count). The van der Waals surface area contributed by atoms with Crippen LogP contribution >= 0.6 is 0 Å². The lowest BCUT2D eigenvalue weighted by Crippen LogP contribution is -2.60. The molecule has 14 nitrogen and oxygen atoms in total. The highest BCUT2D eigenvalue weighted by Crippen LogP contribution is 2.53. The third-order valence-electron chi connectivity index (χ3n) is 10.8. The van der Waals surface area contributed by atoms with Gasteiger partial charge < -0.3 is 31.1 Å². The molecule has 1 atom stereocenters. The first-order chi connectivity index (χ1) is 26.1. The maximum absolute atomic E-state index is 12.9. The van der Waals surface area contributed by atoms with Crippen LogP contribution in [0, 0.1) is 11.8 Å². The number of fused-ring (bicyclic) bond motifs is 3. The van der Waals surface area contributed by atoms with Crippen molar-refractivity contribution in [3.8, 4) is 11.1 Å². The Morgan fingerprint density at radius 3 is 2.35 bits per heavy atom. The SMILES string of the molecule is CNC.[B]C([B])(c1cccc(C=O)n1)N1CC(n2ncc3c2C(C2CCCC2)N(C)c2c(Nc4cc(NC(=O)C5CC5)nnc4C(=O)NC)cccc2-3)C1. The molecule has 2 saturated carbocycles. The summed E-state index contributed by atoms with van der Waals surface area (Å²) in [4.78, 5) is 45.5. The van der Waals surface area contributed by atoms with Crippen LogP contribution in [0.4, 0.5) is 22.9 Å². The van der Waals surface area contributed by atoms with Crippen molar-refractivity contribution in [2.75, 3.05) is 56.8 Å². The normalized spacial score (nSPS) is 18.4. The Kier molecular flexibility index (Phi) is 10.6. The largest absolute Gasteiger partial charge is 0.364 e. The number of nitrogens with zero attached hydrogens (tertiary/aromatic N) is 7. The maximum Gasteiger partial charge on any atom is 0.273 e. The topological polar surface area (TPSA) is 162 Å². The van der Waals surface area contributed by atoms with Crippen molar-refractivity contribution in [3.63, 3.8) is 0 Å². The number of carbonyl (C=O) groups excluding carboxylic acids is 3. The smallest absolute Gasteiger partial charge is 0.273 e. The molecule has 0 bridgehead atoms. The van der Waals surface area contributed by atoms with E-state index in [1.165, 1.54) is 18.5 Å². The molecule has 4 aliphatic rings. The fraction of sp³-hybridized carbons (Fsp3) is 0.447. The summed E-state index contributed by atoms with van der Waals surface area (Å²) in [6, 6.07) is 12.9. The first kappa shape index (κ1) is 37.2. The van der Waals surface area contributed by atoms with Crippen molar-refractivity contribution in [1.29, 1.82) is 0 Å². The second-order valence-corrected chi connectivity index (χ2v) is 14.6. The maximum atomic E-state index is 12.9. The van der Waals surface area contributed by atoms with Crippen molar-refractivity contribution in [1.82, 2.24) is 40.5 Å². The first-order valence-corrected chi connectivity index (χ1v) is 18.5. The summed E-state index contributed by atoms with van der Waals surface area (Å²) < 4.78 is 2.16. The molecule has 5 heterocycles. The van der Waals surface area contributed by atoms with E-state index in [-0.39, 0.29) is 41.1 Å². The summed E-state index contributed by atoms with van der Waals surface area (Å²) in [7, 11) is 20.7. The Labute approximate surface area is 318 Å². The lowest BCUT2D eigenvalue weighted by Gasteiger charge is -2.51. The molecule has 4 radical (unpaired) electrons. The van der Waals surface area contributed by atoms with Crippen molar-refractivity contribution in [2.24, 2.45) is 11.8 Å². The molecule has 16 heteroatoms. The number of hydrogen-bond donors (Lipinski definition) is 4. The predicted octanol–water partition coefficient (Wildman–Crippen LogP) is 3.52. The molecular formula is C38H45B2N11O3.